The number of rotatable bonds is 2. The van der Waals surface area contributed by atoms with E-state index in [0.29, 0.717) is 0 Å². The first kappa shape index (κ1) is 10.5. The van der Waals surface area contributed by atoms with Crippen LogP contribution in [0.1, 0.15) is 13.8 Å². The maximum absolute atomic E-state index is 11.2. The summed E-state index contributed by atoms with van der Waals surface area (Å²) in [5, 5.41) is 18.4. The second kappa shape index (κ2) is 3.67. The minimum Gasteiger partial charge on any atom is -0.508 e. The van der Waals surface area contributed by atoms with Gasteiger partial charge >= 0.3 is 5.97 Å². The second-order valence-corrected chi connectivity index (χ2v) is 3.45. The van der Waals surface area contributed by atoms with E-state index < -0.39 is 11.6 Å². The number of hydrogen-bond acceptors (Lipinski definition) is 4. The van der Waals surface area contributed by atoms with Crippen LogP contribution >= 0.6 is 0 Å². The molecule has 0 aliphatic carbocycles. The van der Waals surface area contributed by atoms with Gasteiger partial charge in [0.05, 0.1) is 0 Å². The molecule has 0 saturated heterocycles. The molecule has 0 aliphatic rings. The zero-order valence-corrected chi connectivity index (χ0v) is 8.02. The van der Waals surface area contributed by atoms with E-state index in [4.69, 9.17) is 9.84 Å². The van der Waals surface area contributed by atoms with E-state index in [1.54, 1.807) is 6.07 Å². The fourth-order valence-electron chi connectivity index (χ4n) is 0.779. The van der Waals surface area contributed by atoms with Crippen molar-refractivity contribution in [2.75, 3.05) is 0 Å². The number of phenols is 1. The molecule has 14 heavy (non-hydrogen) atoms. The SMILES string of the molecule is CC(C)(O)C(=O)Oc1cccc(O)c1. The van der Waals surface area contributed by atoms with E-state index in [-0.39, 0.29) is 11.5 Å². The van der Waals surface area contributed by atoms with Gasteiger partial charge in [0, 0.05) is 6.07 Å². The summed E-state index contributed by atoms with van der Waals surface area (Å²) in [7, 11) is 0. The minimum atomic E-state index is -1.54. The number of hydrogen-bond donors (Lipinski definition) is 2. The lowest BCUT2D eigenvalue weighted by Crippen LogP contribution is -2.35. The highest BCUT2D eigenvalue weighted by molar-refractivity contribution is 5.80. The van der Waals surface area contributed by atoms with Crippen molar-refractivity contribution in [3.05, 3.63) is 24.3 Å². The highest BCUT2D eigenvalue weighted by Gasteiger charge is 2.26. The standard InChI is InChI=1S/C10H12O4/c1-10(2,13)9(12)14-8-5-3-4-7(11)6-8/h3-6,11,13H,1-2H3. The van der Waals surface area contributed by atoms with E-state index >= 15 is 0 Å². The van der Waals surface area contributed by atoms with Crippen LogP contribution in [0, 0.1) is 0 Å². The Balaban J connectivity index is 2.75. The van der Waals surface area contributed by atoms with Crippen LogP contribution in [0.25, 0.3) is 0 Å². The fourth-order valence-corrected chi connectivity index (χ4v) is 0.779. The Morgan fingerprint density at radius 1 is 1.43 bits per heavy atom. The molecule has 0 radical (unpaired) electrons. The first-order chi connectivity index (χ1) is 6.39. The molecular weight excluding hydrogens is 184 g/mol. The van der Waals surface area contributed by atoms with Gasteiger partial charge < -0.3 is 14.9 Å². The molecule has 0 heterocycles. The maximum atomic E-state index is 11.2. The molecule has 1 aromatic rings. The number of phenolic OH excluding ortho intramolecular Hbond substituents is 1. The quantitative estimate of drug-likeness (QED) is 0.548. The summed E-state index contributed by atoms with van der Waals surface area (Å²) in [6.45, 7) is 2.66. The predicted molar refractivity (Wildman–Crippen MR) is 50.0 cm³/mol. The van der Waals surface area contributed by atoms with Crippen molar-refractivity contribution >= 4 is 5.97 Å². The van der Waals surface area contributed by atoms with Crippen molar-refractivity contribution in [2.45, 2.75) is 19.4 Å². The van der Waals surface area contributed by atoms with Gasteiger partial charge in [-0.2, -0.15) is 0 Å². The topological polar surface area (TPSA) is 66.8 Å². The number of esters is 1. The lowest BCUT2D eigenvalue weighted by Gasteiger charge is -2.15. The van der Waals surface area contributed by atoms with Crippen molar-refractivity contribution in [3.8, 4) is 11.5 Å². The minimum absolute atomic E-state index is 0.00560. The van der Waals surface area contributed by atoms with Gasteiger partial charge in [-0.3, -0.25) is 0 Å². The van der Waals surface area contributed by atoms with Crippen molar-refractivity contribution in [2.24, 2.45) is 0 Å². The van der Waals surface area contributed by atoms with Crippen LogP contribution in [0.3, 0.4) is 0 Å². The number of benzene rings is 1. The van der Waals surface area contributed by atoms with Gasteiger partial charge in [-0.15, -0.1) is 0 Å². The van der Waals surface area contributed by atoms with Crippen molar-refractivity contribution in [1.29, 1.82) is 0 Å². The van der Waals surface area contributed by atoms with Gasteiger partial charge in [-0.25, -0.2) is 4.79 Å². The van der Waals surface area contributed by atoms with Gasteiger partial charge in [0.15, 0.2) is 5.60 Å². The maximum Gasteiger partial charge on any atom is 0.342 e. The molecule has 4 heteroatoms. The summed E-state index contributed by atoms with van der Waals surface area (Å²) in [6.07, 6.45) is 0. The van der Waals surface area contributed by atoms with Crippen LogP contribution in [0.2, 0.25) is 0 Å². The van der Waals surface area contributed by atoms with Gasteiger partial charge in [-0.05, 0) is 26.0 Å². The third kappa shape index (κ3) is 2.74. The van der Waals surface area contributed by atoms with Crippen LogP contribution in [0.15, 0.2) is 24.3 Å². The molecule has 1 aromatic carbocycles. The van der Waals surface area contributed by atoms with Crippen LogP contribution < -0.4 is 4.74 Å². The average Bonchev–Trinajstić information content (AvgIpc) is 2.02. The molecule has 2 N–H and O–H groups in total. The first-order valence-corrected chi connectivity index (χ1v) is 4.13. The first-order valence-electron chi connectivity index (χ1n) is 4.13. The molecule has 0 bridgehead atoms. The van der Waals surface area contributed by atoms with E-state index in [1.165, 1.54) is 32.0 Å². The summed E-state index contributed by atoms with van der Waals surface area (Å²) < 4.78 is 4.81. The van der Waals surface area contributed by atoms with Gasteiger partial charge in [0.2, 0.25) is 0 Å². The molecule has 0 aliphatic heterocycles. The van der Waals surface area contributed by atoms with Crippen LogP contribution in [-0.4, -0.2) is 21.8 Å². The zero-order valence-electron chi connectivity index (χ0n) is 8.02. The van der Waals surface area contributed by atoms with Gasteiger partial charge in [0.25, 0.3) is 0 Å². The third-order valence-corrected chi connectivity index (χ3v) is 1.53. The molecule has 0 amide bonds. The largest absolute Gasteiger partial charge is 0.508 e. The number of carbonyl (C=O) groups is 1. The average molecular weight is 196 g/mol. The lowest BCUT2D eigenvalue weighted by atomic mass is 10.1. The molecule has 0 atom stereocenters. The summed E-state index contributed by atoms with van der Waals surface area (Å²) in [5.41, 5.74) is -1.54. The number of carbonyl (C=O) groups excluding carboxylic acids is 1. The number of aliphatic hydroxyl groups is 1. The molecule has 0 spiro atoms. The third-order valence-electron chi connectivity index (χ3n) is 1.53. The van der Waals surface area contributed by atoms with Crippen molar-refractivity contribution in [1.82, 2.24) is 0 Å². The Bertz CT molecular complexity index is 338. The molecule has 0 aromatic heterocycles. The summed E-state index contributed by atoms with van der Waals surface area (Å²) in [5.74, 6) is -0.550. The Morgan fingerprint density at radius 3 is 2.57 bits per heavy atom. The Morgan fingerprint density at radius 2 is 2.07 bits per heavy atom. The van der Waals surface area contributed by atoms with Gasteiger partial charge in [0.1, 0.15) is 11.5 Å². The molecule has 76 valence electrons. The monoisotopic (exact) mass is 196 g/mol. The van der Waals surface area contributed by atoms with Crippen molar-refractivity contribution < 1.29 is 19.7 Å². The van der Waals surface area contributed by atoms with Gasteiger partial charge in [-0.1, -0.05) is 6.07 Å². The highest BCUT2D eigenvalue weighted by Crippen LogP contribution is 2.19. The van der Waals surface area contributed by atoms with Crippen LogP contribution in [-0.2, 0) is 4.79 Å². The summed E-state index contributed by atoms with van der Waals surface area (Å²) in [4.78, 5) is 11.2. The predicted octanol–water partition coefficient (Wildman–Crippen LogP) is 1.07. The second-order valence-electron chi connectivity index (χ2n) is 3.45. The lowest BCUT2D eigenvalue weighted by molar-refractivity contribution is -0.151. The van der Waals surface area contributed by atoms with Crippen LogP contribution in [0.4, 0.5) is 0 Å². The Kier molecular flexibility index (Phi) is 2.76. The molecule has 0 saturated carbocycles. The number of ether oxygens (including phenoxy) is 1. The molecule has 0 unspecified atom stereocenters. The van der Waals surface area contributed by atoms with E-state index in [1.807, 2.05) is 0 Å². The summed E-state index contributed by atoms with van der Waals surface area (Å²) >= 11 is 0. The normalized spacial score (nSPS) is 11.1. The smallest absolute Gasteiger partial charge is 0.342 e. The van der Waals surface area contributed by atoms with E-state index in [9.17, 15) is 9.90 Å². The molecule has 4 nitrogen and oxygen atoms in total. The van der Waals surface area contributed by atoms with E-state index in [0.717, 1.165) is 0 Å². The molecule has 1 rings (SSSR count). The summed E-state index contributed by atoms with van der Waals surface area (Å²) in [6, 6.07) is 5.82. The number of aromatic hydroxyl groups is 1. The Labute approximate surface area is 81.8 Å². The molecular formula is C10H12O4. The Hall–Kier alpha value is -1.55. The zero-order chi connectivity index (χ0) is 10.8. The fraction of sp³-hybridized carbons (Fsp3) is 0.300. The highest BCUT2D eigenvalue weighted by atomic mass is 16.6. The molecule has 0 fully saturated rings. The van der Waals surface area contributed by atoms with E-state index in [2.05, 4.69) is 0 Å². The van der Waals surface area contributed by atoms with Crippen molar-refractivity contribution in [3.63, 3.8) is 0 Å². The van der Waals surface area contributed by atoms with Crippen LogP contribution in [0.5, 0.6) is 11.5 Å².